The maximum Gasteiger partial charge on any atom is 0.349 e. The number of halogens is 1. The van der Waals surface area contributed by atoms with Gasteiger partial charge in [0.25, 0.3) is 5.44 Å². The molecule has 14 heteroatoms. The Hall–Kier alpha value is -3.12. The van der Waals surface area contributed by atoms with Gasteiger partial charge in [0.2, 0.25) is 15.1 Å². The van der Waals surface area contributed by atoms with Crippen molar-refractivity contribution in [1.29, 1.82) is 0 Å². The molecule has 2 aliphatic rings. The molecule has 40 heavy (non-hydrogen) atoms. The number of rotatable bonds is 9. The minimum atomic E-state index is -4.47. The Kier molecular flexibility index (Phi) is 7.84. The number of aliphatic hydroxyl groups excluding tert-OH is 1. The molecule has 212 valence electrons. The van der Waals surface area contributed by atoms with Gasteiger partial charge in [-0.25, -0.2) is 23.2 Å². The predicted octanol–water partition coefficient (Wildman–Crippen LogP) is 1.74. The average Bonchev–Trinajstić information content (AvgIpc) is 3.65. The van der Waals surface area contributed by atoms with Crippen molar-refractivity contribution in [3.8, 4) is 12.3 Å². The van der Waals surface area contributed by atoms with Gasteiger partial charge in [0.05, 0.1) is 23.5 Å². The van der Waals surface area contributed by atoms with Crippen LogP contribution in [0.15, 0.2) is 41.6 Å². The molecular formula is C26H27ClN4O8S. The van der Waals surface area contributed by atoms with E-state index in [0.717, 1.165) is 25.7 Å². The van der Waals surface area contributed by atoms with Crippen LogP contribution in [0.2, 0.25) is 5.28 Å². The van der Waals surface area contributed by atoms with Crippen molar-refractivity contribution in [1.82, 2.24) is 19.5 Å². The van der Waals surface area contributed by atoms with Gasteiger partial charge in [-0.1, -0.05) is 49.8 Å². The normalized spacial score (nSPS) is 26.2. The first-order valence-corrected chi connectivity index (χ1v) is 14.5. The molecule has 0 bridgehead atoms. The lowest BCUT2D eigenvalue weighted by Crippen LogP contribution is -2.49. The molecule has 2 fully saturated rings. The third-order valence-electron chi connectivity index (χ3n) is 7.40. The summed E-state index contributed by atoms with van der Waals surface area (Å²) in [5.74, 6) is 0.752. The van der Waals surface area contributed by atoms with E-state index in [1.54, 1.807) is 6.07 Å². The summed E-state index contributed by atoms with van der Waals surface area (Å²) in [5.41, 5.74) is -3.35. The Morgan fingerprint density at radius 3 is 2.62 bits per heavy atom. The number of hydrogen-bond donors (Lipinski definition) is 3. The van der Waals surface area contributed by atoms with Crippen LogP contribution >= 0.6 is 11.6 Å². The van der Waals surface area contributed by atoms with Crippen LogP contribution in [0.1, 0.15) is 37.6 Å². The third-order valence-corrected chi connectivity index (χ3v) is 9.40. The Balaban J connectivity index is 1.42. The number of aromatic nitrogens is 4. The van der Waals surface area contributed by atoms with E-state index in [2.05, 4.69) is 20.9 Å². The molecular weight excluding hydrogens is 564 g/mol. The predicted molar refractivity (Wildman–Crippen MR) is 141 cm³/mol. The lowest BCUT2D eigenvalue weighted by molar-refractivity contribution is -0.149. The minimum Gasteiger partial charge on any atom is -0.479 e. The van der Waals surface area contributed by atoms with Crippen molar-refractivity contribution >= 4 is 38.6 Å². The molecule has 12 nitrogen and oxygen atoms in total. The molecule has 1 saturated heterocycles. The summed E-state index contributed by atoms with van der Waals surface area (Å²) in [5, 5.41) is 31.8. The number of carboxylic acid groups (broad SMARTS) is 1. The van der Waals surface area contributed by atoms with Gasteiger partial charge in [-0.05, 0) is 36.1 Å². The van der Waals surface area contributed by atoms with Crippen molar-refractivity contribution in [3.63, 3.8) is 0 Å². The van der Waals surface area contributed by atoms with Crippen LogP contribution in [-0.2, 0) is 30.5 Å². The molecule has 5 rings (SSSR count). The van der Waals surface area contributed by atoms with Crippen LogP contribution in [0.5, 0.6) is 0 Å². The molecule has 3 N–H and O–H groups in total. The van der Waals surface area contributed by atoms with E-state index >= 15 is 0 Å². The van der Waals surface area contributed by atoms with Crippen LogP contribution in [0, 0.1) is 18.3 Å². The SMILES string of the molecule is C#C[C@@]1(O)[C@@H](COC(C(=O)O)S(=O)(=O)c2ccccc2)O[C@@H](n2cnc3c(CC4CCCC4)nc(Cl)nc32)[C@@H]1O. The number of ether oxygens (including phenoxy) is 2. The maximum atomic E-state index is 12.9. The first kappa shape index (κ1) is 28.4. The molecule has 5 atom stereocenters. The van der Waals surface area contributed by atoms with Gasteiger partial charge in [-0.2, -0.15) is 4.98 Å². The van der Waals surface area contributed by atoms with Crippen molar-refractivity contribution in [2.45, 2.75) is 66.5 Å². The molecule has 1 unspecified atom stereocenters. The number of hydrogen-bond acceptors (Lipinski definition) is 10. The number of benzene rings is 1. The summed E-state index contributed by atoms with van der Waals surface area (Å²) in [4.78, 5) is 24.6. The summed E-state index contributed by atoms with van der Waals surface area (Å²) in [6, 6.07) is 6.92. The number of fused-ring (bicyclic) bond motifs is 1. The number of carboxylic acids is 1. The minimum absolute atomic E-state index is 0.0303. The van der Waals surface area contributed by atoms with E-state index in [-0.39, 0.29) is 15.8 Å². The number of sulfone groups is 1. The summed E-state index contributed by atoms with van der Waals surface area (Å²) in [6.45, 7) is -0.771. The van der Waals surface area contributed by atoms with E-state index < -0.39 is 51.9 Å². The zero-order valence-corrected chi connectivity index (χ0v) is 22.7. The molecule has 1 aliphatic heterocycles. The molecule has 3 heterocycles. The molecule has 1 saturated carbocycles. The monoisotopic (exact) mass is 590 g/mol. The van der Waals surface area contributed by atoms with Gasteiger partial charge in [0.1, 0.15) is 17.7 Å². The van der Waals surface area contributed by atoms with E-state index in [4.69, 9.17) is 27.5 Å². The summed E-state index contributed by atoms with van der Waals surface area (Å²) in [6.07, 6.45) is 7.40. The number of imidazole rings is 1. The summed E-state index contributed by atoms with van der Waals surface area (Å²) < 4.78 is 38.3. The van der Waals surface area contributed by atoms with Crippen molar-refractivity contribution < 1.29 is 38.0 Å². The topological polar surface area (TPSA) is 174 Å². The fraction of sp³-hybridized carbons (Fsp3) is 0.462. The number of terminal acetylenes is 1. The largest absolute Gasteiger partial charge is 0.479 e. The summed E-state index contributed by atoms with van der Waals surface area (Å²) >= 11 is 6.22. The fourth-order valence-corrected chi connectivity index (χ4v) is 6.77. The van der Waals surface area contributed by atoms with Crippen molar-refractivity contribution in [3.05, 3.63) is 47.6 Å². The molecule has 0 radical (unpaired) electrons. The Labute approximate surface area is 234 Å². The Morgan fingerprint density at radius 2 is 1.98 bits per heavy atom. The van der Waals surface area contributed by atoms with E-state index in [0.29, 0.717) is 23.5 Å². The van der Waals surface area contributed by atoms with Crippen LogP contribution in [-0.4, -0.2) is 79.1 Å². The zero-order valence-electron chi connectivity index (χ0n) is 21.1. The lowest BCUT2D eigenvalue weighted by atomic mass is 9.93. The molecule has 1 aliphatic carbocycles. The van der Waals surface area contributed by atoms with Crippen LogP contribution in [0.25, 0.3) is 11.2 Å². The van der Waals surface area contributed by atoms with Gasteiger partial charge >= 0.3 is 5.97 Å². The molecule has 0 spiro atoms. The van der Waals surface area contributed by atoms with Gasteiger partial charge in [-0.15, -0.1) is 6.42 Å². The third kappa shape index (κ3) is 5.07. The number of carbonyl (C=O) groups is 1. The van der Waals surface area contributed by atoms with E-state index in [1.165, 1.54) is 35.2 Å². The van der Waals surface area contributed by atoms with E-state index in [9.17, 15) is 28.5 Å². The Morgan fingerprint density at radius 1 is 1.27 bits per heavy atom. The van der Waals surface area contributed by atoms with Gasteiger partial charge < -0.3 is 24.8 Å². The standard InChI is InChI=1S/C26H27ClN4O8S/c1-2-26(35)18(13-38-24(23(33)34)40(36,37)16-10-4-3-5-11-16)39-22(20(26)32)31-14-28-19-17(12-15-8-6-7-9-15)29-25(27)30-21(19)31/h1,3-5,10-11,14-15,18,20,22,24,32,35H,6-9,12-13H2,(H,33,34)/t18-,20+,22-,24?,26-/m1/s1. The van der Waals surface area contributed by atoms with Gasteiger partial charge in [0.15, 0.2) is 17.5 Å². The van der Waals surface area contributed by atoms with Gasteiger partial charge in [-0.3, -0.25) is 4.57 Å². The van der Waals surface area contributed by atoms with E-state index in [1.807, 2.05) is 0 Å². The molecule has 2 aromatic heterocycles. The molecule has 0 amide bonds. The molecule has 3 aromatic rings. The Bertz CT molecular complexity index is 1550. The smallest absolute Gasteiger partial charge is 0.349 e. The highest BCUT2D eigenvalue weighted by molar-refractivity contribution is 7.92. The lowest BCUT2D eigenvalue weighted by Gasteiger charge is -2.26. The van der Waals surface area contributed by atoms with Crippen molar-refractivity contribution in [2.24, 2.45) is 5.92 Å². The highest BCUT2D eigenvalue weighted by Gasteiger charge is 2.56. The summed E-state index contributed by atoms with van der Waals surface area (Å²) in [7, 11) is -4.47. The second-order valence-electron chi connectivity index (χ2n) is 9.91. The van der Waals surface area contributed by atoms with Gasteiger partial charge in [0, 0.05) is 0 Å². The second-order valence-corrected chi connectivity index (χ2v) is 12.2. The first-order chi connectivity index (χ1) is 19.1. The highest BCUT2D eigenvalue weighted by atomic mass is 35.5. The average molecular weight is 591 g/mol. The fourth-order valence-electron chi connectivity index (χ4n) is 5.28. The second kappa shape index (κ2) is 11.0. The quantitative estimate of drug-likeness (QED) is 0.244. The maximum absolute atomic E-state index is 12.9. The van der Waals surface area contributed by atoms with Crippen LogP contribution in [0.4, 0.5) is 0 Å². The first-order valence-electron chi connectivity index (χ1n) is 12.6. The van der Waals surface area contributed by atoms with Crippen molar-refractivity contribution in [2.75, 3.05) is 6.61 Å². The van der Waals surface area contributed by atoms with Crippen LogP contribution in [0.3, 0.4) is 0 Å². The van der Waals surface area contributed by atoms with Crippen LogP contribution < -0.4 is 0 Å². The number of aliphatic carboxylic acids is 1. The zero-order chi connectivity index (χ0) is 28.7. The molecule has 1 aromatic carbocycles. The number of aliphatic hydroxyl groups is 2. The number of nitrogens with zero attached hydrogens (tertiary/aromatic N) is 4. The highest BCUT2D eigenvalue weighted by Crippen LogP contribution is 2.39.